The molecule has 19 heavy (non-hydrogen) atoms. The summed E-state index contributed by atoms with van der Waals surface area (Å²) in [6.45, 7) is 1.71. The fraction of sp³-hybridized carbons (Fsp3) is 0.154. The number of carbonyl (C=O) groups excluding carboxylic acids is 1. The molecule has 0 atom stereocenters. The molecule has 2 rings (SSSR count). The second kappa shape index (κ2) is 5.27. The molecule has 6 heteroatoms. The van der Waals surface area contributed by atoms with Crippen LogP contribution >= 0.6 is 12.2 Å². The van der Waals surface area contributed by atoms with Crippen LogP contribution in [0.15, 0.2) is 24.3 Å². The zero-order valence-corrected chi connectivity index (χ0v) is 11.2. The third kappa shape index (κ3) is 2.68. The van der Waals surface area contributed by atoms with E-state index in [2.05, 4.69) is 14.7 Å². The Balaban J connectivity index is 2.54. The highest BCUT2D eigenvalue weighted by Crippen LogP contribution is 2.18. The molecule has 1 heterocycles. The van der Waals surface area contributed by atoms with Crippen molar-refractivity contribution in [2.75, 3.05) is 7.11 Å². The van der Waals surface area contributed by atoms with Gasteiger partial charge in [0.15, 0.2) is 0 Å². The number of halogens is 1. The van der Waals surface area contributed by atoms with Crippen molar-refractivity contribution in [1.82, 2.24) is 9.97 Å². The predicted octanol–water partition coefficient (Wildman–Crippen LogP) is 3.04. The van der Waals surface area contributed by atoms with Crippen molar-refractivity contribution in [3.63, 3.8) is 0 Å². The summed E-state index contributed by atoms with van der Waals surface area (Å²) in [4.78, 5) is 18.7. The molecule has 2 aromatic rings. The highest BCUT2D eigenvalue weighted by Gasteiger charge is 2.14. The van der Waals surface area contributed by atoms with E-state index in [1.807, 2.05) is 0 Å². The van der Waals surface area contributed by atoms with E-state index >= 15 is 0 Å². The van der Waals surface area contributed by atoms with Crippen LogP contribution in [0, 0.1) is 17.4 Å². The lowest BCUT2D eigenvalue weighted by atomic mass is 10.2. The number of nitrogens with one attached hydrogen (secondary N) is 1. The van der Waals surface area contributed by atoms with Crippen LogP contribution in [0.4, 0.5) is 4.39 Å². The molecule has 0 saturated heterocycles. The van der Waals surface area contributed by atoms with Gasteiger partial charge in [0.25, 0.3) is 0 Å². The lowest BCUT2D eigenvalue weighted by Gasteiger charge is -2.07. The van der Waals surface area contributed by atoms with Gasteiger partial charge in [-0.05, 0) is 31.2 Å². The maximum Gasteiger partial charge on any atom is 0.342 e. The van der Waals surface area contributed by atoms with Crippen LogP contribution < -0.4 is 0 Å². The second-order valence-electron chi connectivity index (χ2n) is 3.89. The SMILES string of the molecule is COC(=O)c1c(C)[nH]c(-c2ccc(F)cc2)nc1=S. The van der Waals surface area contributed by atoms with Crippen LogP contribution in [0.1, 0.15) is 16.1 Å². The topological polar surface area (TPSA) is 55.0 Å². The Morgan fingerprint density at radius 2 is 2.00 bits per heavy atom. The van der Waals surface area contributed by atoms with Crippen LogP contribution in [0.3, 0.4) is 0 Å². The monoisotopic (exact) mass is 278 g/mol. The summed E-state index contributed by atoms with van der Waals surface area (Å²) in [6, 6.07) is 5.83. The van der Waals surface area contributed by atoms with E-state index in [1.165, 1.54) is 19.2 Å². The number of benzene rings is 1. The molecule has 0 aliphatic heterocycles. The van der Waals surface area contributed by atoms with E-state index in [9.17, 15) is 9.18 Å². The quantitative estimate of drug-likeness (QED) is 0.677. The Morgan fingerprint density at radius 3 is 2.53 bits per heavy atom. The first-order chi connectivity index (χ1) is 9.02. The number of carbonyl (C=O) groups is 1. The number of rotatable bonds is 2. The van der Waals surface area contributed by atoms with Gasteiger partial charge in [0, 0.05) is 11.3 Å². The maximum absolute atomic E-state index is 12.9. The number of hydrogen-bond donors (Lipinski definition) is 1. The number of nitrogens with zero attached hydrogens (tertiary/aromatic N) is 1. The van der Waals surface area contributed by atoms with Crippen molar-refractivity contribution in [3.05, 3.63) is 46.0 Å². The highest BCUT2D eigenvalue weighted by atomic mass is 32.1. The molecule has 1 aromatic carbocycles. The van der Waals surface area contributed by atoms with E-state index in [1.54, 1.807) is 19.1 Å². The van der Waals surface area contributed by atoms with Crippen molar-refractivity contribution in [3.8, 4) is 11.4 Å². The molecule has 1 N–H and O–H groups in total. The summed E-state index contributed by atoms with van der Waals surface area (Å²) < 4.78 is 17.7. The van der Waals surface area contributed by atoms with Gasteiger partial charge in [0.2, 0.25) is 0 Å². The fourth-order valence-electron chi connectivity index (χ4n) is 1.67. The van der Waals surface area contributed by atoms with Crippen LogP contribution in [0.2, 0.25) is 0 Å². The van der Waals surface area contributed by atoms with E-state index in [4.69, 9.17) is 12.2 Å². The Bertz CT molecular complexity index is 680. The summed E-state index contributed by atoms with van der Waals surface area (Å²) in [5.74, 6) is -0.377. The van der Waals surface area contributed by atoms with Crippen molar-refractivity contribution >= 4 is 18.2 Å². The summed E-state index contributed by atoms with van der Waals surface area (Å²) >= 11 is 5.09. The molecule has 0 spiro atoms. The van der Waals surface area contributed by atoms with Crippen molar-refractivity contribution < 1.29 is 13.9 Å². The second-order valence-corrected chi connectivity index (χ2v) is 4.28. The van der Waals surface area contributed by atoms with Crippen LogP contribution in [-0.2, 0) is 4.74 Å². The van der Waals surface area contributed by atoms with Gasteiger partial charge in [0.1, 0.15) is 21.8 Å². The molecule has 0 unspecified atom stereocenters. The van der Waals surface area contributed by atoms with Gasteiger partial charge >= 0.3 is 5.97 Å². The van der Waals surface area contributed by atoms with E-state index in [0.717, 1.165) is 0 Å². The molecule has 0 aliphatic carbocycles. The lowest BCUT2D eigenvalue weighted by molar-refractivity contribution is 0.0598. The number of esters is 1. The molecule has 0 amide bonds. The number of aromatic amines is 1. The fourth-order valence-corrected chi connectivity index (χ4v) is 2.00. The van der Waals surface area contributed by atoms with E-state index in [0.29, 0.717) is 17.1 Å². The average molecular weight is 278 g/mol. The van der Waals surface area contributed by atoms with Gasteiger partial charge in [-0.15, -0.1) is 0 Å². The summed E-state index contributed by atoms with van der Waals surface area (Å²) in [5.41, 5.74) is 1.49. The average Bonchev–Trinajstić information content (AvgIpc) is 2.38. The standard InChI is InChI=1S/C13H11FN2O2S/c1-7-10(13(17)18-2)12(19)16-11(15-7)8-3-5-9(14)6-4-8/h3-6H,1-2H3,(H,15,16,19). The van der Waals surface area contributed by atoms with Crippen molar-refractivity contribution in [2.24, 2.45) is 0 Å². The first-order valence-corrected chi connectivity index (χ1v) is 5.89. The number of ether oxygens (including phenoxy) is 1. The summed E-state index contributed by atoms with van der Waals surface area (Å²) in [7, 11) is 1.28. The van der Waals surface area contributed by atoms with E-state index in [-0.39, 0.29) is 16.0 Å². The van der Waals surface area contributed by atoms with Crippen molar-refractivity contribution in [1.29, 1.82) is 0 Å². The minimum Gasteiger partial charge on any atom is -0.465 e. The first-order valence-electron chi connectivity index (χ1n) is 5.48. The minimum atomic E-state index is -0.531. The lowest BCUT2D eigenvalue weighted by Crippen LogP contribution is -2.08. The van der Waals surface area contributed by atoms with Gasteiger partial charge in [-0.2, -0.15) is 0 Å². The van der Waals surface area contributed by atoms with Crippen LogP contribution in [0.5, 0.6) is 0 Å². The normalized spacial score (nSPS) is 10.3. The van der Waals surface area contributed by atoms with Crippen LogP contribution in [-0.4, -0.2) is 23.0 Å². The largest absolute Gasteiger partial charge is 0.465 e. The van der Waals surface area contributed by atoms with Gasteiger partial charge in [-0.1, -0.05) is 12.2 Å². The molecule has 0 fully saturated rings. The van der Waals surface area contributed by atoms with Crippen molar-refractivity contribution in [2.45, 2.75) is 6.92 Å². The van der Waals surface area contributed by atoms with Crippen LogP contribution in [0.25, 0.3) is 11.4 Å². The molecule has 0 bridgehead atoms. The number of methoxy groups -OCH3 is 1. The summed E-state index contributed by atoms with van der Waals surface area (Å²) in [5, 5.41) is 0. The predicted molar refractivity (Wildman–Crippen MR) is 70.9 cm³/mol. The third-order valence-corrected chi connectivity index (χ3v) is 2.91. The Morgan fingerprint density at radius 1 is 1.37 bits per heavy atom. The zero-order chi connectivity index (χ0) is 14.0. The summed E-state index contributed by atoms with van der Waals surface area (Å²) in [6.07, 6.45) is 0. The van der Waals surface area contributed by atoms with Gasteiger partial charge in [0.05, 0.1) is 7.11 Å². The number of aryl methyl sites for hydroxylation is 1. The third-order valence-electron chi connectivity index (χ3n) is 2.62. The zero-order valence-electron chi connectivity index (χ0n) is 10.4. The molecule has 98 valence electrons. The molecule has 0 aliphatic rings. The number of H-pyrrole nitrogens is 1. The Labute approximate surface area is 114 Å². The Hall–Kier alpha value is -2.08. The van der Waals surface area contributed by atoms with Gasteiger partial charge in [-0.25, -0.2) is 14.2 Å². The molecular weight excluding hydrogens is 267 g/mol. The highest BCUT2D eigenvalue weighted by molar-refractivity contribution is 7.71. The molecule has 0 saturated carbocycles. The molecule has 4 nitrogen and oxygen atoms in total. The minimum absolute atomic E-state index is 0.155. The number of hydrogen-bond acceptors (Lipinski definition) is 4. The van der Waals surface area contributed by atoms with E-state index < -0.39 is 5.97 Å². The Kier molecular flexibility index (Phi) is 3.71. The molecule has 0 radical (unpaired) electrons. The number of aromatic nitrogens is 2. The smallest absolute Gasteiger partial charge is 0.342 e. The molecule has 1 aromatic heterocycles. The first kappa shape index (κ1) is 13.4. The van der Waals surface area contributed by atoms with Gasteiger partial charge in [-0.3, -0.25) is 0 Å². The molecular formula is C13H11FN2O2S. The maximum atomic E-state index is 12.9. The van der Waals surface area contributed by atoms with Gasteiger partial charge < -0.3 is 9.72 Å².